The summed E-state index contributed by atoms with van der Waals surface area (Å²) >= 11 is 0. The van der Waals surface area contributed by atoms with E-state index in [1.807, 2.05) is 31.2 Å². The van der Waals surface area contributed by atoms with Crippen molar-refractivity contribution in [2.45, 2.75) is 13.0 Å². The third-order valence-electron chi connectivity index (χ3n) is 2.51. The Balaban J connectivity index is 2.23. The Hall–Kier alpha value is -2.52. The minimum absolute atomic E-state index is 0.100. The first-order valence-corrected chi connectivity index (χ1v) is 5.52. The van der Waals surface area contributed by atoms with E-state index in [4.69, 9.17) is 9.95 Å². The van der Waals surface area contributed by atoms with Crippen LogP contribution in [0.3, 0.4) is 0 Å². The second-order valence-corrected chi connectivity index (χ2v) is 3.72. The maximum absolute atomic E-state index is 8.51. The van der Waals surface area contributed by atoms with Crippen LogP contribution in [-0.2, 0) is 0 Å². The number of azide groups is 1. The third-order valence-corrected chi connectivity index (χ3v) is 2.51. The number of rotatable bonds is 4. The number of furan rings is 1. The Morgan fingerprint density at radius 3 is 2.83 bits per heavy atom. The number of benzene rings is 1. The van der Waals surface area contributed by atoms with Gasteiger partial charge in [-0.2, -0.15) is 0 Å². The van der Waals surface area contributed by atoms with Gasteiger partial charge in [0.15, 0.2) is 0 Å². The molecule has 1 aromatic heterocycles. The van der Waals surface area contributed by atoms with E-state index in [0.717, 1.165) is 5.56 Å². The topological polar surface area (TPSA) is 74.3 Å². The highest BCUT2D eigenvalue weighted by atomic mass is 16.3. The third kappa shape index (κ3) is 2.78. The highest BCUT2D eigenvalue weighted by Gasteiger charge is 2.07. The van der Waals surface area contributed by atoms with Gasteiger partial charge in [0, 0.05) is 10.6 Å². The molecule has 0 bridgehead atoms. The van der Waals surface area contributed by atoms with Gasteiger partial charge in [-0.05, 0) is 30.2 Å². The molecule has 0 saturated carbocycles. The van der Waals surface area contributed by atoms with Crippen molar-refractivity contribution in [2.24, 2.45) is 10.1 Å². The van der Waals surface area contributed by atoms with Crippen molar-refractivity contribution in [1.29, 1.82) is 0 Å². The molecule has 1 unspecified atom stereocenters. The van der Waals surface area contributed by atoms with Gasteiger partial charge in [0.25, 0.3) is 0 Å². The lowest BCUT2D eigenvalue weighted by Crippen LogP contribution is -1.91. The Labute approximate surface area is 104 Å². The van der Waals surface area contributed by atoms with E-state index in [1.165, 1.54) is 0 Å². The normalized spacial score (nSPS) is 12.3. The molecule has 0 amide bonds. The Bertz CT molecular complexity index is 583. The van der Waals surface area contributed by atoms with Gasteiger partial charge in [-0.3, -0.25) is 4.99 Å². The fourth-order valence-corrected chi connectivity index (χ4v) is 1.61. The molecule has 0 aliphatic carbocycles. The number of hydrogen-bond acceptors (Lipinski definition) is 3. The fourth-order valence-electron chi connectivity index (χ4n) is 1.61. The zero-order valence-corrected chi connectivity index (χ0v) is 9.89. The lowest BCUT2D eigenvalue weighted by Gasteiger charge is -2.08. The van der Waals surface area contributed by atoms with Crippen LogP contribution in [0, 0.1) is 0 Å². The summed E-state index contributed by atoms with van der Waals surface area (Å²) in [4.78, 5) is 7.19. The van der Waals surface area contributed by atoms with Crippen LogP contribution >= 0.6 is 0 Å². The second-order valence-electron chi connectivity index (χ2n) is 3.72. The molecule has 2 aromatic rings. The van der Waals surface area contributed by atoms with Gasteiger partial charge >= 0.3 is 0 Å². The Kier molecular flexibility index (Phi) is 3.79. The van der Waals surface area contributed by atoms with Crippen molar-refractivity contribution < 1.29 is 4.42 Å². The molecular weight excluding hydrogens is 228 g/mol. The standard InChI is InChI=1S/C13H12N4O/c1-10(15-9-11-5-4-8-18-11)12-6-2-3-7-13(12)16-17-14/h2-10H,1H3. The predicted molar refractivity (Wildman–Crippen MR) is 70.0 cm³/mol. The lowest BCUT2D eigenvalue weighted by molar-refractivity contribution is 0.559. The fraction of sp³-hybridized carbons (Fsp3) is 0.154. The van der Waals surface area contributed by atoms with E-state index < -0.39 is 0 Å². The van der Waals surface area contributed by atoms with Crippen LogP contribution in [0.15, 0.2) is 57.2 Å². The summed E-state index contributed by atoms with van der Waals surface area (Å²) in [7, 11) is 0. The summed E-state index contributed by atoms with van der Waals surface area (Å²) in [5.74, 6) is 0.697. The first-order chi connectivity index (χ1) is 8.81. The van der Waals surface area contributed by atoms with Gasteiger partial charge in [-0.25, -0.2) is 0 Å². The SMILES string of the molecule is CC(N=Cc1ccco1)c1ccccc1N=[N+]=[N-]. The molecule has 1 atom stereocenters. The lowest BCUT2D eigenvalue weighted by atomic mass is 10.1. The average Bonchev–Trinajstić information content (AvgIpc) is 2.90. The molecule has 1 aromatic carbocycles. The quantitative estimate of drug-likeness (QED) is 0.337. The molecule has 5 nitrogen and oxygen atoms in total. The largest absolute Gasteiger partial charge is 0.463 e. The molecule has 90 valence electrons. The van der Waals surface area contributed by atoms with Crippen LogP contribution in [0.25, 0.3) is 10.4 Å². The molecule has 18 heavy (non-hydrogen) atoms. The van der Waals surface area contributed by atoms with Crippen molar-refractivity contribution in [2.75, 3.05) is 0 Å². The van der Waals surface area contributed by atoms with E-state index in [-0.39, 0.29) is 6.04 Å². The van der Waals surface area contributed by atoms with Crippen molar-refractivity contribution in [1.82, 2.24) is 0 Å². The van der Waals surface area contributed by atoms with E-state index in [2.05, 4.69) is 15.0 Å². The van der Waals surface area contributed by atoms with Gasteiger partial charge in [-0.15, -0.1) is 0 Å². The van der Waals surface area contributed by atoms with Crippen LogP contribution in [0.1, 0.15) is 24.3 Å². The van der Waals surface area contributed by atoms with Gasteiger partial charge < -0.3 is 4.42 Å². The monoisotopic (exact) mass is 240 g/mol. The maximum atomic E-state index is 8.51. The minimum Gasteiger partial charge on any atom is -0.463 e. The predicted octanol–water partition coefficient (Wildman–Crippen LogP) is 4.40. The molecule has 0 spiro atoms. The molecule has 5 heteroatoms. The highest BCUT2D eigenvalue weighted by Crippen LogP contribution is 2.27. The first kappa shape index (κ1) is 12.0. The highest BCUT2D eigenvalue weighted by molar-refractivity contribution is 5.76. The molecule has 0 N–H and O–H groups in total. The average molecular weight is 240 g/mol. The Morgan fingerprint density at radius 2 is 2.11 bits per heavy atom. The molecule has 0 fully saturated rings. The van der Waals surface area contributed by atoms with E-state index in [1.54, 1.807) is 24.6 Å². The minimum atomic E-state index is -0.100. The van der Waals surface area contributed by atoms with Crippen LogP contribution in [0.4, 0.5) is 5.69 Å². The molecule has 2 rings (SSSR count). The maximum Gasteiger partial charge on any atom is 0.144 e. The second kappa shape index (κ2) is 5.70. The van der Waals surface area contributed by atoms with Crippen molar-refractivity contribution in [3.63, 3.8) is 0 Å². The molecular formula is C13H12N4O. The smallest absolute Gasteiger partial charge is 0.144 e. The zero-order valence-electron chi connectivity index (χ0n) is 9.89. The molecule has 0 radical (unpaired) electrons. The number of nitrogens with zero attached hydrogens (tertiary/aromatic N) is 4. The number of aliphatic imine (C=N–C) groups is 1. The number of hydrogen-bond donors (Lipinski definition) is 0. The summed E-state index contributed by atoms with van der Waals surface area (Å²) in [6.07, 6.45) is 3.26. The van der Waals surface area contributed by atoms with Gasteiger partial charge in [0.2, 0.25) is 0 Å². The summed E-state index contributed by atoms with van der Waals surface area (Å²) in [5.41, 5.74) is 10.00. The van der Waals surface area contributed by atoms with Crippen LogP contribution in [-0.4, -0.2) is 6.21 Å². The van der Waals surface area contributed by atoms with Crippen molar-refractivity contribution >= 4 is 11.9 Å². The summed E-state index contributed by atoms with van der Waals surface area (Å²) < 4.78 is 5.17. The van der Waals surface area contributed by atoms with Crippen molar-refractivity contribution in [3.8, 4) is 0 Å². The molecule has 1 heterocycles. The van der Waals surface area contributed by atoms with Crippen molar-refractivity contribution in [3.05, 3.63) is 64.4 Å². The van der Waals surface area contributed by atoms with E-state index in [9.17, 15) is 0 Å². The molecule has 0 saturated heterocycles. The van der Waals surface area contributed by atoms with Gasteiger partial charge in [0.05, 0.1) is 18.5 Å². The van der Waals surface area contributed by atoms with Crippen LogP contribution in [0.2, 0.25) is 0 Å². The van der Waals surface area contributed by atoms with Gasteiger partial charge in [0.1, 0.15) is 5.76 Å². The molecule has 0 aliphatic heterocycles. The summed E-state index contributed by atoms with van der Waals surface area (Å²) in [6, 6.07) is 10.9. The van der Waals surface area contributed by atoms with E-state index >= 15 is 0 Å². The van der Waals surface area contributed by atoms with Gasteiger partial charge in [-0.1, -0.05) is 29.4 Å². The van der Waals surface area contributed by atoms with Crippen LogP contribution in [0.5, 0.6) is 0 Å². The van der Waals surface area contributed by atoms with E-state index in [0.29, 0.717) is 11.4 Å². The molecule has 0 aliphatic rings. The first-order valence-electron chi connectivity index (χ1n) is 5.52. The Morgan fingerprint density at radius 1 is 1.28 bits per heavy atom. The zero-order chi connectivity index (χ0) is 12.8. The van der Waals surface area contributed by atoms with Crippen LogP contribution < -0.4 is 0 Å². The summed E-state index contributed by atoms with van der Waals surface area (Å²) in [5, 5.41) is 3.66. The summed E-state index contributed by atoms with van der Waals surface area (Å²) in [6.45, 7) is 1.94.